The molecule has 1 aromatic heterocycles. The van der Waals surface area contributed by atoms with Gasteiger partial charge in [0.05, 0.1) is 5.75 Å². The summed E-state index contributed by atoms with van der Waals surface area (Å²) in [5, 5.41) is 0. The summed E-state index contributed by atoms with van der Waals surface area (Å²) in [5.74, 6) is 1.52. The van der Waals surface area contributed by atoms with E-state index in [1.165, 1.54) is 0 Å². The normalized spacial score (nSPS) is 14.0. The van der Waals surface area contributed by atoms with Crippen LogP contribution in [-0.4, -0.2) is 20.1 Å². The van der Waals surface area contributed by atoms with Crippen molar-refractivity contribution >= 4 is 21.6 Å². The van der Waals surface area contributed by atoms with Crippen LogP contribution >= 0.6 is 11.6 Å². The Balaban J connectivity index is 2.80. The Kier molecular flexibility index (Phi) is 4.41. The SMILES string of the molecule is Cc1cc(C(C)NS(=O)(=O)CCCl)c(C)o1. The van der Waals surface area contributed by atoms with Crippen LogP contribution in [0, 0.1) is 13.8 Å². The number of sulfonamides is 1. The molecule has 1 heterocycles. The molecule has 4 nitrogen and oxygen atoms in total. The van der Waals surface area contributed by atoms with Crippen LogP contribution in [0.2, 0.25) is 0 Å². The number of nitrogens with one attached hydrogen (secondary N) is 1. The number of aryl methyl sites for hydroxylation is 2. The van der Waals surface area contributed by atoms with Gasteiger partial charge in [-0.1, -0.05) is 0 Å². The molecule has 1 unspecified atom stereocenters. The number of alkyl halides is 1. The van der Waals surface area contributed by atoms with Crippen LogP contribution in [0.25, 0.3) is 0 Å². The Morgan fingerprint density at radius 3 is 2.56 bits per heavy atom. The molecular formula is C10H16ClNO3S. The predicted molar refractivity (Wildman–Crippen MR) is 64.2 cm³/mol. The third-order valence-electron chi connectivity index (χ3n) is 2.25. The first kappa shape index (κ1) is 13.5. The largest absolute Gasteiger partial charge is 0.466 e. The number of rotatable bonds is 5. The van der Waals surface area contributed by atoms with Crippen molar-refractivity contribution in [1.82, 2.24) is 4.72 Å². The summed E-state index contributed by atoms with van der Waals surface area (Å²) < 4.78 is 30.9. The van der Waals surface area contributed by atoms with E-state index in [0.29, 0.717) is 0 Å². The average molecular weight is 266 g/mol. The Morgan fingerprint density at radius 1 is 1.50 bits per heavy atom. The van der Waals surface area contributed by atoms with Crippen LogP contribution in [0.4, 0.5) is 0 Å². The zero-order chi connectivity index (χ0) is 12.3. The number of hydrogen-bond acceptors (Lipinski definition) is 3. The van der Waals surface area contributed by atoms with Gasteiger partial charge in [-0.05, 0) is 26.8 Å². The topological polar surface area (TPSA) is 59.3 Å². The summed E-state index contributed by atoms with van der Waals surface area (Å²) in [6.07, 6.45) is 0. The number of halogens is 1. The molecular weight excluding hydrogens is 250 g/mol. The maximum atomic E-state index is 11.5. The van der Waals surface area contributed by atoms with Gasteiger partial charge < -0.3 is 4.42 Å². The molecule has 0 aliphatic rings. The molecule has 1 aromatic rings. The molecule has 0 aliphatic carbocycles. The molecule has 0 aromatic carbocycles. The van der Waals surface area contributed by atoms with Crippen molar-refractivity contribution in [1.29, 1.82) is 0 Å². The van der Waals surface area contributed by atoms with Crippen molar-refractivity contribution in [3.63, 3.8) is 0 Å². The summed E-state index contributed by atoms with van der Waals surface area (Å²) in [5.41, 5.74) is 0.857. The molecule has 0 radical (unpaired) electrons. The first-order chi connectivity index (χ1) is 7.35. The lowest BCUT2D eigenvalue weighted by atomic mass is 10.1. The smallest absolute Gasteiger partial charge is 0.213 e. The zero-order valence-electron chi connectivity index (χ0n) is 9.58. The molecule has 0 bridgehead atoms. The summed E-state index contributed by atoms with van der Waals surface area (Å²) in [6, 6.07) is 1.54. The highest BCUT2D eigenvalue weighted by molar-refractivity contribution is 7.89. The minimum absolute atomic E-state index is 0.0746. The lowest BCUT2D eigenvalue weighted by Crippen LogP contribution is -2.29. The fourth-order valence-corrected chi connectivity index (χ4v) is 3.17. The third kappa shape index (κ3) is 3.50. The zero-order valence-corrected chi connectivity index (χ0v) is 11.2. The van der Waals surface area contributed by atoms with E-state index in [0.717, 1.165) is 17.1 Å². The highest BCUT2D eigenvalue weighted by atomic mass is 35.5. The Bertz CT molecular complexity index is 453. The van der Waals surface area contributed by atoms with E-state index in [2.05, 4.69) is 4.72 Å². The van der Waals surface area contributed by atoms with Gasteiger partial charge >= 0.3 is 0 Å². The van der Waals surface area contributed by atoms with Gasteiger partial charge in [0, 0.05) is 17.5 Å². The maximum Gasteiger partial charge on any atom is 0.213 e. The van der Waals surface area contributed by atoms with Crippen LogP contribution in [0.15, 0.2) is 10.5 Å². The molecule has 1 N–H and O–H groups in total. The van der Waals surface area contributed by atoms with Gasteiger partial charge in [0.1, 0.15) is 11.5 Å². The fourth-order valence-electron chi connectivity index (χ4n) is 1.57. The molecule has 6 heteroatoms. The second-order valence-corrected chi connectivity index (χ2v) is 5.97. The molecule has 0 amide bonds. The number of hydrogen-bond donors (Lipinski definition) is 1. The number of furan rings is 1. The van der Waals surface area contributed by atoms with E-state index < -0.39 is 10.0 Å². The standard InChI is InChI=1S/C10H16ClNO3S/c1-7-6-10(9(3)15-7)8(2)12-16(13,14)5-4-11/h6,8,12H,4-5H2,1-3H3. The predicted octanol–water partition coefficient (Wildman–Crippen LogP) is 2.12. The van der Waals surface area contributed by atoms with Gasteiger partial charge in [-0.3, -0.25) is 0 Å². The van der Waals surface area contributed by atoms with Gasteiger partial charge in [0.15, 0.2) is 0 Å². The van der Waals surface area contributed by atoms with E-state index in [1.54, 1.807) is 6.92 Å². The van der Waals surface area contributed by atoms with E-state index in [-0.39, 0.29) is 17.7 Å². The molecule has 0 fully saturated rings. The summed E-state index contributed by atoms with van der Waals surface area (Å²) in [7, 11) is -3.31. The fraction of sp³-hybridized carbons (Fsp3) is 0.600. The molecule has 1 atom stereocenters. The molecule has 16 heavy (non-hydrogen) atoms. The van der Waals surface area contributed by atoms with Gasteiger partial charge in [-0.25, -0.2) is 13.1 Å². The van der Waals surface area contributed by atoms with Crippen LogP contribution in [0.5, 0.6) is 0 Å². The highest BCUT2D eigenvalue weighted by Gasteiger charge is 2.18. The Labute approximate surface area is 101 Å². The van der Waals surface area contributed by atoms with Crippen molar-refractivity contribution in [2.24, 2.45) is 0 Å². The molecule has 0 saturated heterocycles. The van der Waals surface area contributed by atoms with Gasteiger partial charge in [0.25, 0.3) is 0 Å². The van der Waals surface area contributed by atoms with Crippen molar-refractivity contribution in [2.45, 2.75) is 26.8 Å². The minimum atomic E-state index is -3.31. The monoisotopic (exact) mass is 265 g/mol. The van der Waals surface area contributed by atoms with E-state index >= 15 is 0 Å². The summed E-state index contributed by atoms with van der Waals surface area (Å²) in [6.45, 7) is 5.42. The van der Waals surface area contributed by atoms with Gasteiger partial charge in [-0.2, -0.15) is 0 Å². The van der Waals surface area contributed by atoms with Crippen molar-refractivity contribution in [3.8, 4) is 0 Å². The quantitative estimate of drug-likeness (QED) is 0.830. The van der Waals surface area contributed by atoms with Crippen LogP contribution in [-0.2, 0) is 10.0 Å². The van der Waals surface area contributed by atoms with Crippen LogP contribution in [0.3, 0.4) is 0 Å². The average Bonchev–Trinajstić information content (AvgIpc) is 2.44. The Hall–Kier alpha value is -0.520. The second-order valence-electron chi connectivity index (χ2n) is 3.72. The van der Waals surface area contributed by atoms with E-state index in [9.17, 15) is 8.42 Å². The molecule has 0 saturated carbocycles. The lowest BCUT2D eigenvalue weighted by molar-refractivity contribution is 0.496. The van der Waals surface area contributed by atoms with Crippen LogP contribution < -0.4 is 4.72 Å². The third-order valence-corrected chi connectivity index (χ3v) is 4.12. The first-order valence-electron chi connectivity index (χ1n) is 4.98. The lowest BCUT2D eigenvalue weighted by Gasteiger charge is -2.12. The summed E-state index contributed by atoms with van der Waals surface area (Å²) >= 11 is 5.41. The van der Waals surface area contributed by atoms with E-state index in [4.69, 9.17) is 16.0 Å². The minimum Gasteiger partial charge on any atom is -0.466 e. The Morgan fingerprint density at radius 2 is 2.12 bits per heavy atom. The van der Waals surface area contributed by atoms with Gasteiger partial charge in [-0.15, -0.1) is 11.6 Å². The molecule has 0 aliphatic heterocycles. The first-order valence-corrected chi connectivity index (χ1v) is 7.17. The molecule has 0 spiro atoms. The van der Waals surface area contributed by atoms with Crippen molar-refractivity contribution in [3.05, 3.63) is 23.2 Å². The molecule has 1 rings (SSSR count). The maximum absolute atomic E-state index is 11.5. The van der Waals surface area contributed by atoms with Crippen LogP contribution in [0.1, 0.15) is 30.0 Å². The molecule has 92 valence electrons. The second kappa shape index (κ2) is 5.21. The van der Waals surface area contributed by atoms with Gasteiger partial charge in [0.2, 0.25) is 10.0 Å². The van der Waals surface area contributed by atoms with Crippen molar-refractivity contribution in [2.75, 3.05) is 11.6 Å². The van der Waals surface area contributed by atoms with E-state index in [1.807, 2.05) is 19.9 Å². The summed E-state index contributed by atoms with van der Waals surface area (Å²) in [4.78, 5) is 0. The van der Waals surface area contributed by atoms with Crippen molar-refractivity contribution < 1.29 is 12.8 Å². The highest BCUT2D eigenvalue weighted by Crippen LogP contribution is 2.21.